The van der Waals surface area contributed by atoms with Crippen LogP contribution in [0.4, 0.5) is 5.69 Å². The number of rotatable bonds is 5. The number of nitrogens with one attached hydrogen (secondary N) is 1. The zero-order valence-corrected chi connectivity index (χ0v) is 11.8. The lowest BCUT2D eigenvalue weighted by Gasteiger charge is -2.09. The van der Waals surface area contributed by atoms with Crippen LogP contribution in [0.3, 0.4) is 0 Å². The van der Waals surface area contributed by atoms with Crippen LogP contribution in [0.15, 0.2) is 47.2 Å². The molecule has 1 heterocycles. The number of hydrogen-bond acceptors (Lipinski definition) is 3. The highest BCUT2D eigenvalue weighted by atomic mass is 79.9. The summed E-state index contributed by atoms with van der Waals surface area (Å²) in [6, 6.07) is 10.1. The average Bonchev–Trinajstić information content (AvgIpc) is 2.42. The van der Waals surface area contributed by atoms with Crippen molar-refractivity contribution in [1.82, 2.24) is 4.98 Å². The molecule has 18 heavy (non-hydrogen) atoms. The maximum atomic E-state index is 5.26. The van der Waals surface area contributed by atoms with E-state index >= 15 is 0 Å². The molecule has 1 N–H and O–H groups in total. The molecule has 0 bridgehead atoms. The first-order valence-corrected chi connectivity index (χ1v) is 6.55. The van der Waals surface area contributed by atoms with E-state index in [9.17, 15) is 0 Å². The molecule has 0 aliphatic heterocycles. The average molecular weight is 307 g/mol. The number of hydrogen-bond donors (Lipinski definition) is 1. The Bertz CT molecular complexity index is 502. The van der Waals surface area contributed by atoms with Gasteiger partial charge in [-0.05, 0) is 52.2 Å². The monoisotopic (exact) mass is 306 g/mol. The van der Waals surface area contributed by atoms with Gasteiger partial charge in [-0.3, -0.25) is 4.98 Å². The molecule has 0 aliphatic rings. The van der Waals surface area contributed by atoms with E-state index in [1.807, 2.05) is 42.7 Å². The van der Waals surface area contributed by atoms with E-state index in [-0.39, 0.29) is 0 Å². The Labute approximate surface area is 115 Å². The lowest BCUT2D eigenvalue weighted by molar-refractivity contribution is 0.412. The van der Waals surface area contributed by atoms with Gasteiger partial charge in [-0.15, -0.1) is 0 Å². The van der Waals surface area contributed by atoms with Crippen molar-refractivity contribution in [2.75, 3.05) is 19.0 Å². The second-order valence-corrected chi connectivity index (χ2v) is 4.74. The third-order valence-corrected chi connectivity index (χ3v) is 3.30. The lowest BCUT2D eigenvalue weighted by atomic mass is 10.2. The zero-order chi connectivity index (χ0) is 12.8. The summed E-state index contributed by atoms with van der Waals surface area (Å²) in [6.45, 7) is 0.884. The van der Waals surface area contributed by atoms with E-state index in [2.05, 4.69) is 26.2 Å². The molecule has 2 rings (SSSR count). The number of ether oxygens (including phenoxy) is 1. The van der Waals surface area contributed by atoms with Crippen molar-refractivity contribution >= 4 is 21.6 Å². The third-order valence-electron chi connectivity index (χ3n) is 2.64. The molecule has 1 aromatic heterocycles. The first kappa shape index (κ1) is 12.9. The Balaban J connectivity index is 1.91. The molecule has 0 saturated heterocycles. The molecule has 3 nitrogen and oxygen atoms in total. The fourth-order valence-corrected chi connectivity index (χ4v) is 2.08. The van der Waals surface area contributed by atoms with E-state index in [1.54, 1.807) is 7.11 Å². The third kappa shape index (κ3) is 3.47. The summed E-state index contributed by atoms with van der Waals surface area (Å²) >= 11 is 3.44. The summed E-state index contributed by atoms with van der Waals surface area (Å²) in [5, 5.41) is 3.37. The highest BCUT2D eigenvalue weighted by Crippen LogP contribution is 2.27. The molecule has 1 aromatic carbocycles. The standard InChI is InChI=1S/C14H15BrN2O/c1-18-14-10-12(2-3-13(14)15)17-9-6-11-4-7-16-8-5-11/h2-5,7-8,10,17H,6,9H2,1H3. The van der Waals surface area contributed by atoms with Gasteiger partial charge >= 0.3 is 0 Å². The minimum Gasteiger partial charge on any atom is -0.495 e. The van der Waals surface area contributed by atoms with Crippen LogP contribution in [0.1, 0.15) is 5.56 Å². The molecule has 2 aromatic rings. The van der Waals surface area contributed by atoms with Gasteiger partial charge in [0.25, 0.3) is 0 Å². The zero-order valence-electron chi connectivity index (χ0n) is 10.2. The summed E-state index contributed by atoms with van der Waals surface area (Å²) in [7, 11) is 1.67. The largest absolute Gasteiger partial charge is 0.495 e. The summed E-state index contributed by atoms with van der Waals surface area (Å²) in [4.78, 5) is 4.00. The van der Waals surface area contributed by atoms with Crippen LogP contribution in [-0.4, -0.2) is 18.6 Å². The number of aromatic nitrogens is 1. The number of halogens is 1. The minimum atomic E-state index is 0.837. The van der Waals surface area contributed by atoms with Crippen molar-refractivity contribution in [2.24, 2.45) is 0 Å². The number of nitrogens with zero attached hydrogens (tertiary/aromatic N) is 1. The molecule has 94 valence electrons. The fourth-order valence-electron chi connectivity index (χ4n) is 1.67. The van der Waals surface area contributed by atoms with Gasteiger partial charge in [-0.1, -0.05) is 0 Å². The van der Waals surface area contributed by atoms with Gasteiger partial charge < -0.3 is 10.1 Å². The molecular formula is C14H15BrN2O. The van der Waals surface area contributed by atoms with E-state index in [1.165, 1.54) is 5.56 Å². The van der Waals surface area contributed by atoms with Crippen molar-refractivity contribution < 1.29 is 4.74 Å². The molecule has 0 saturated carbocycles. The summed E-state index contributed by atoms with van der Waals surface area (Å²) < 4.78 is 6.22. The summed E-state index contributed by atoms with van der Waals surface area (Å²) in [5.41, 5.74) is 2.34. The predicted molar refractivity (Wildman–Crippen MR) is 77.1 cm³/mol. The van der Waals surface area contributed by atoms with Gasteiger partial charge in [-0.25, -0.2) is 0 Å². The smallest absolute Gasteiger partial charge is 0.135 e. The SMILES string of the molecule is COc1cc(NCCc2ccncc2)ccc1Br. The Morgan fingerprint density at radius 3 is 2.72 bits per heavy atom. The van der Waals surface area contributed by atoms with Crippen LogP contribution in [0.2, 0.25) is 0 Å². The molecular weight excluding hydrogens is 292 g/mol. The molecule has 0 radical (unpaired) electrons. The van der Waals surface area contributed by atoms with Gasteiger partial charge in [0.2, 0.25) is 0 Å². The van der Waals surface area contributed by atoms with Crippen LogP contribution >= 0.6 is 15.9 Å². The number of methoxy groups -OCH3 is 1. The Morgan fingerprint density at radius 1 is 1.22 bits per heavy atom. The topological polar surface area (TPSA) is 34.1 Å². The molecule has 0 amide bonds. The maximum absolute atomic E-state index is 5.26. The molecule has 4 heteroatoms. The lowest BCUT2D eigenvalue weighted by Crippen LogP contribution is -2.05. The van der Waals surface area contributed by atoms with Crippen LogP contribution in [-0.2, 0) is 6.42 Å². The Morgan fingerprint density at radius 2 is 2.00 bits per heavy atom. The number of benzene rings is 1. The highest BCUT2D eigenvalue weighted by molar-refractivity contribution is 9.10. The van der Waals surface area contributed by atoms with Gasteiger partial charge in [0.05, 0.1) is 11.6 Å². The van der Waals surface area contributed by atoms with E-state index in [0.29, 0.717) is 0 Å². The molecule has 0 spiro atoms. The van der Waals surface area contributed by atoms with Gasteiger partial charge in [0.1, 0.15) is 5.75 Å². The highest BCUT2D eigenvalue weighted by Gasteiger charge is 2.01. The summed E-state index contributed by atoms with van der Waals surface area (Å²) in [5.74, 6) is 0.837. The minimum absolute atomic E-state index is 0.837. The van der Waals surface area contributed by atoms with Gasteiger partial charge in [-0.2, -0.15) is 0 Å². The van der Waals surface area contributed by atoms with Crippen LogP contribution in [0.5, 0.6) is 5.75 Å². The van der Waals surface area contributed by atoms with Crippen molar-refractivity contribution in [3.05, 3.63) is 52.8 Å². The van der Waals surface area contributed by atoms with Crippen LogP contribution in [0, 0.1) is 0 Å². The van der Waals surface area contributed by atoms with Gasteiger partial charge in [0, 0.05) is 30.7 Å². The van der Waals surface area contributed by atoms with Crippen molar-refractivity contribution in [3.8, 4) is 5.75 Å². The molecule has 0 aliphatic carbocycles. The van der Waals surface area contributed by atoms with E-state index in [4.69, 9.17) is 4.74 Å². The quantitative estimate of drug-likeness (QED) is 0.918. The molecule has 0 atom stereocenters. The predicted octanol–water partition coefficient (Wildman–Crippen LogP) is 3.51. The first-order chi connectivity index (χ1) is 8.79. The molecule has 0 fully saturated rings. The molecule has 0 unspecified atom stereocenters. The van der Waals surface area contributed by atoms with Crippen molar-refractivity contribution in [3.63, 3.8) is 0 Å². The number of pyridine rings is 1. The van der Waals surface area contributed by atoms with Gasteiger partial charge in [0.15, 0.2) is 0 Å². The van der Waals surface area contributed by atoms with Crippen LogP contribution < -0.4 is 10.1 Å². The second-order valence-electron chi connectivity index (χ2n) is 3.88. The Hall–Kier alpha value is -1.55. The second kappa shape index (κ2) is 6.40. The Kier molecular flexibility index (Phi) is 4.59. The normalized spacial score (nSPS) is 10.1. The maximum Gasteiger partial charge on any atom is 0.135 e. The number of anilines is 1. The van der Waals surface area contributed by atoms with Crippen LogP contribution in [0.25, 0.3) is 0 Å². The first-order valence-electron chi connectivity index (χ1n) is 5.76. The fraction of sp³-hybridized carbons (Fsp3) is 0.214. The van der Waals surface area contributed by atoms with E-state index < -0.39 is 0 Å². The van der Waals surface area contributed by atoms with Crippen molar-refractivity contribution in [2.45, 2.75) is 6.42 Å². The van der Waals surface area contributed by atoms with Crippen molar-refractivity contribution in [1.29, 1.82) is 0 Å². The summed E-state index contributed by atoms with van der Waals surface area (Å²) in [6.07, 6.45) is 4.61. The van der Waals surface area contributed by atoms with E-state index in [0.717, 1.165) is 28.9 Å².